The Bertz CT molecular complexity index is 614. The number of H-pyrrole nitrogens is 1. The summed E-state index contributed by atoms with van der Waals surface area (Å²) in [4.78, 5) is 28.8. The SMILES string of the molecule is Cn1c(=O)[nH]c(=O)c2cc(Br)cnc21. The van der Waals surface area contributed by atoms with Gasteiger partial charge in [-0.05, 0) is 22.0 Å². The molecule has 0 spiro atoms. The molecule has 0 aliphatic heterocycles. The normalized spacial score (nSPS) is 10.7. The molecule has 0 fully saturated rings. The molecule has 2 aromatic rings. The molecule has 1 N–H and O–H groups in total. The van der Waals surface area contributed by atoms with Gasteiger partial charge in [-0.25, -0.2) is 9.78 Å². The number of nitrogens with one attached hydrogen (secondary N) is 1. The van der Waals surface area contributed by atoms with E-state index >= 15 is 0 Å². The lowest BCUT2D eigenvalue weighted by Crippen LogP contribution is -2.28. The molecule has 2 heterocycles. The lowest BCUT2D eigenvalue weighted by molar-refractivity contribution is 0.828. The maximum absolute atomic E-state index is 11.4. The fourth-order valence-corrected chi connectivity index (χ4v) is 1.54. The molecule has 0 atom stereocenters. The Morgan fingerprint density at radius 2 is 2.21 bits per heavy atom. The van der Waals surface area contributed by atoms with Crippen molar-refractivity contribution in [1.29, 1.82) is 0 Å². The van der Waals surface area contributed by atoms with E-state index in [1.54, 1.807) is 19.3 Å². The third-order valence-corrected chi connectivity index (χ3v) is 2.35. The predicted molar refractivity (Wildman–Crippen MR) is 55.3 cm³/mol. The molecule has 0 unspecified atom stereocenters. The van der Waals surface area contributed by atoms with Crippen LogP contribution in [0.25, 0.3) is 11.0 Å². The van der Waals surface area contributed by atoms with Crippen LogP contribution in [-0.2, 0) is 7.05 Å². The number of aromatic nitrogens is 3. The minimum Gasteiger partial charge on any atom is -0.281 e. The van der Waals surface area contributed by atoms with Crippen LogP contribution in [0.3, 0.4) is 0 Å². The average molecular weight is 256 g/mol. The second-order valence-electron chi connectivity index (χ2n) is 2.84. The van der Waals surface area contributed by atoms with E-state index in [-0.39, 0.29) is 0 Å². The van der Waals surface area contributed by atoms with Gasteiger partial charge in [0.25, 0.3) is 5.56 Å². The fraction of sp³-hybridized carbons (Fsp3) is 0.125. The van der Waals surface area contributed by atoms with Gasteiger partial charge in [0, 0.05) is 17.7 Å². The Hall–Kier alpha value is -1.43. The van der Waals surface area contributed by atoms with Crippen molar-refractivity contribution >= 4 is 27.0 Å². The fourth-order valence-electron chi connectivity index (χ4n) is 1.21. The van der Waals surface area contributed by atoms with Crippen LogP contribution < -0.4 is 11.2 Å². The van der Waals surface area contributed by atoms with Crippen LogP contribution in [0.1, 0.15) is 0 Å². The highest BCUT2D eigenvalue weighted by molar-refractivity contribution is 9.10. The molecule has 5 nitrogen and oxygen atoms in total. The molecule has 0 aliphatic rings. The highest BCUT2D eigenvalue weighted by Crippen LogP contribution is 2.11. The Morgan fingerprint density at radius 1 is 1.50 bits per heavy atom. The van der Waals surface area contributed by atoms with Gasteiger partial charge in [0.15, 0.2) is 0 Å². The van der Waals surface area contributed by atoms with E-state index in [2.05, 4.69) is 25.9 Å². The van der Waals surface area contributed by atoms with Crippen LogP contribution in [0.4, 0.5) is 0 Å². The number of hydrogen-bond donors (Lipinski definition) is 1. The number of nitrogens with zero attached hydrogens (tertiary/aromatic N) is 2. The molecule has 72 valence electrons. The van der Waals surface area contributed by atoms with Crippen molar-refractivity contribution in [2.45, 2.75) is 0 Å². The number of pyridine rings is 1. The van der Waals surface area contributed by atoms with Crippen molar-refractivity contribution < 1.29 is 0 Å². The average Bonchev–Trinajstić information content (AvgIpc) is 2.14. The first kappa shape index (κ1) is 9.14. The van der Waals surface area contributed by atoms with Crippen molar-refractivity contribution in [3.63, 3.8) is 0 Å². The van der Waals surface area contributed by atoms with Gasteiger partial charge in [-0.1, -0.05) is 0 Å². The number of aromatic amines is 1. The van der Waals surface area contributed by atoms with Crippen molar-refractivity contribution in [2.24, 2.45) is 7.05 Å². The summed E-state index contributed by atoms with van der Waals surface area (Å²) in [6.07, 6.45) is 1.54. The zero-order valence-electron chi connectivity index (χ0n) is 7.24. The standard InChI is InChI=1S/C8H6BrN3O2/c1-12-6-5(2-4(9)3-10-6)7(13)11-8(12)14/h2-3H,1H3,(H,11,13,14). The molecule has 14 heavy (non-hydrogen) atoms. The van der Waals surface area contributed by atoms with E-state index in [9.17, 15) is 9.59 Å². The topological polar surface area (TPSA) is 67.8 Å². The van der Waals surface area contributed by atoms with Crippen molar-refractivity contribution in [2.75, 3.05) is 0 Å². The first-order valence-electron chi connectivity index (χ1n) is 3.84. The van der Waals surface area contributed by atoms with Crippen molar-refractivity contribution in [1.82, 2.24) is 14.5 Å². The molecular formula is C8H6BrN3O2. The summed E-state index contributed by atoms with van der Waals surface area (Å²) in [7, 11) is 1.56. The van der Waals surface area contributed by atoms with Crippen molar-refractivity contribution in [3.05, 3.63) is 37.6 Å². The molecular weight excluding hydrogens is 250 g/mol. The van der Waals surface area contributed by atoms with Gasteiger partial charge in [-0.3, -0.25) is 14.3 Å². The zero-order chi connectivity index (χ0) is 10.3. The van der Waals surface area contributed by atoms with E-state index in [1.807, 2.05) is 0 Å². The number of hydrogen-bond acceptors (Lipinski definition) is 3. The van der Waals surface area contributed by atoms with Crippen LogP contribution in [0.5, 0.6) is 0 Å². The molecule has 0 radical (unpaired) electrons. The Balaban J connectivity index is 3.10. The number of fused-ring (bicyclic) bond motifs is 1. The van der Waals surface area contributed by atoms with Crippen LogP contribution in [-0.4, -0.2) is 14.5 Å². The molecule has 0 saturated heterocycles. The largest absolute Gasteiger partial charge is 0.329 e. The predicted octanol–water partition coefficient (Wildman–Crippen LogP) is 0.384. The van der Waals surface area contributed by atoms with E-state index < -0.39 is 11.2 Å². The zero-order valence-corrected chi connectivity index (χ0v) is 8.83. The molecule has 0 bridgehead atoms. The van der Waals surface area contributed by atoms with E-state index in [4.69, 9.17) is 0 Å². The van der Waals surface area contributed by atoms with Gasteiger partial charge in [-0.15, -0.1) is 0 Å². The van der Waals surface area contributed by atoms with Crippen LogP contribution >= 0.6 is 15.9 Å². The van der Waals surface area contributed by atoms with Gasteiger partial charge < -0.3 is 0 Å². The monoisotopic (exact) mass is 255 g/mol. The third kappa shape index (κ3) is 1.27. The number of halogens is 1. The highest BCUT2D eigenvalue weighted by atomic mass is 79.9. The van der Waals surface area contributed by atoms with Crippen LogP contribution in [0.15, 0.2) is 26.3 Å². The number of aryl methyl sites for hydroxylation is 1. The molecule has 6 heteroatoms. The van der Waals surface area contributed by atoms with Gasteiger partial charge in [0.2, 0.25) is 0 Å². The maximum atomic E-state index is 11.4. The lowest BCUT2D eigenvalue weighted by Gasteiger charge is -2.01. The molecule has 0 saturated carbocycles. The second-order valence-corrected chi connectivity index (χ2v) is 3.76. The summed E-state index contributed by atoms with van der Waals surface area (Å²) >= 11 is 3.21. The van der Waals surface area contributed by atoms with Gasteiger partial charge >= 0.3 is 5.69 Å². The summed E-state index contributed by atoms with van der Waals surface area (Å²) in [5.74, 6) is 0. The summed E-state index contributed by atoms with van der Waals surface area (Å²) in [6.45, 7) is 0. The first-order valence-corrected chi connectivity index (χ1v) is 4.63. The minimum absolute atomic E-state index is 0.377. The van der Waals surface area contributed by atoms with Crippen LogP contribution in [0.2, 0.25) is 0 Å². The summed E-state index contributed by atoms with van der Waals surface area (Å²) in [5, 5.41) is 0.390. The van der Waals surface area contributed by atoms with Gasteiger partial charge in [0.1, 0.15) is 5.65 Å². The summed E-state index contributed by atoms with van der Waals surface area (Å²) in [6, 6.07) is 1.63. The van der Waals surface area contributed by atoms with Crippen molar-refractivity contribution in [3.8, 4) is 0 Å². The van der Waals surface area contributed by atoms with Gasteiger partial charge in [0.05, 0.1) is 5.39 Å². The molecule has 2 aromatic heterocycles. The maximum Gasteiger partial charge on any atom is 0.329 e. The molecule has 0 aliphatic carbocycles. The minimum atomic E-state index is -0.461. The quantitative estimate of drug-likeness (QED) is 0.741. The molecule has 2 rings (SSSR count). The van der Waals surface area contributed by atoms with E-state index in [0.717, 1.165) is 0 Å². The summed E-state index contributed by atoms with van der Waals surface area (Å²) in [5.41, 5.74) is -0.504. The molecule has 0 amide bonds. The number of rotatable bonds is 0. The lowest BCUT2D eigenvalue weighted by atomic mass is 10.3. The van der Waals surface area contributed by atoms with Gasteiger partial charge in [-0.2, -0.15) is 0 Å². The molecule has 0 aromatic carbocycles. The Labute approximate surface area is 86.5 Å². The van der Waals surface area contributed by atoms with Crippen LogP contribution in [0, 0.1) is 0 Å². The summed E-state index contributed by atoms with van der Waals surface area (Å²) < 4.78 is 2.00. The Kier molecular flexibility index (Phi) is 1.99. The second kappa shape index (κ2) is 3.06. The smallest absolute Gasteiger partial charge is 0.281 e. The van der Waals surface area contributed by atoms with E-state index in [1.165, 1.54) is 4.57 Å². The Morgan fingerprint density at radius 3 is 2.93 bits per heavy atom. The first-order chi connectivity index (χ1) is 6.59. The third-order valence-electron chi connectivity index (χ3n) is 1.92. The highest BCUT2D eigenvalue weighted by Gasteiger charge is 2.05. The van der Waals surface area contributed by atoms with E-state index in [0.29, 0.717) is 15.5 Å².